The molecule has 2 N–H and O–H groups in total. The summed E-state index contributed by atoms with van der Waals surface area (Å²) in [6.07, 6.45) is 0. The Morgan fingerprint density at radius 3 is 2.63 bits per heavy atom. The molecule has 0 unspecified atom stereocenters. The van der Waals surface area contributed by atoms with Crippen LogP contribution in [0.5, 0.6) is 5.75 Å². The van der Waals surface area contributed by atoms with Gasteiger partial charge in [-0.3, -0.25) is 4.79 Å². The third-order valence-electron chi connectivity index (χ3n) is 2.51. The Balaban J connectivity index is 2.77. The first-order valence-corrected chi connectivity index (χ1v) is 5.87. The molecule has 0 fully saturated rings. The van der Waals surface area contributed by atoms with Gasteiger partial charge in [0.05, 0.1) is 7.11 Å². The maximum absolute atomic E-state index is 12.0. The summed E-state index contributed by atoms with van der Waals surface area (Å²) in [6.45, 7) is 3.18. The number of aliphatic carboxylic acids is 1. The summed E-state index contributed by atoms with van der Waals surface area (Å²) in [5, 5.41) is 11.4. The van der Waals surface area contributed by atoms with E-state index < -0.39 is 12.0 Å². The van der Waals surface area contributed by atoms with E-state index in [2.05, 4.69) is 5.32 Å². The van der Waals surface area contributed by atoms with Gasteiger partial charge in [0, 0.05) is 17.8 Å². The van der Waals surface area contributed by atoms with Crippen molar-refractivity contribution in [2.75, 3.05) is 19.0 Å². The number of anilines is 1. The molecule has 19 heavy (non-hydrogen) atoms. The smallest absolute Gasteiger partial charge is 0.323 e. The second-order valence-electron chi connectivity index (χ2n) is 4.28. The number of carboxylic acid groups (broad SMARTS) is 1. The molecule has 0 aliphatic carbocycles. The lowest BCUT2D eigenvalue weighted by molar-refractivity contribution is -0.137. The van der Waals surface area contributed by atoms with Crippen LogP contribution in [0.1, 0.15) is 13.8 Å². The number of urea groups is 1. The van der Waals surface area contributed by atoms with Gasteiger partial charge in [0.15, 0.2) is 0 Å². The van der Waals surface area contributed by atoms with Crippen LogP contribution >= 0.6 is 0 Å². The number of hydrogen-bond acceptors (Lipinski definition) is 3. The minimum atomic E-state index is -1.05. The Kier molecular flexibility index (Phi) is 5.17. The van der Waals surface area contributed by atoms with Gasteiger partial charge in [-0.25, -0.2) is 4.79 Å². The molecule has 0 radical (unpaired) electrons. The SMILES string of the molecule is COc1cccc(NC(=O)N(CC(=O)O)C(C)C)c1. The van der Waals surface area contributed by atoms with Crippen molar-refractivity contribution in [2.24, 2.45) is 0 Å². The van der Waals surface area contributed by atoms with Gasteiger partial charge in [0.1, 0.15) is 12.3 Å². The Morgan fingerprint density at radius 1 is 1.42 bits per heavy atom. The van der Waals surface area contributed by atoms with Crippen molar-refractivity contribution in [3.8, 4) is 5.75 Å². The number of rotatable bonds is 5. The van der Waals surface area contributed by atoms with Crippen LogP contribution in [0.3, 0.4) is 0 Å². The number of methoxy groups -OCH3 is 1. The molecule has 0 aliphatic heterocycles. The van der Waals surface area contributed by atoms with E-state index in [1.165, 1.54) is 12.0 Å². The molecule has 1 aromatic carbocycles. The van der Waals surface area contributed by atoms with Gasteiger partial charge in [-0.1, -0.05) is 6.07 Å². The van der Waals surface area contributed by atoms with Crippen molar-refractivity contribution in [1.29, 1.82) is 0 Å². The zero-order valence-electron chi connectivity index (χ0n) is 11.2. The highest BCUT2D eigenvalue weighted by Gasteiger charge is 2.19. The van der Waals surface area contributed by atoms with Crippen LogP contribution in [0.2, 0.25) is 0 Å². The molecule has 0 heterocycles. The van der Waals surface area contributed by atoms with Crippen LogP contribution in [0, 0.1) is 0 Å². The second kappa shape index (κ2) is 6.63. The first-order valence-electron chi connectivity index (χ1n) is 5.87. The number of benzene rings is 1. The predicted octanol–water partition coefficient (Wildman–Crippen LogP) is 2.02. The fraction of sp³-hybridized carbons (Fsp3) is 0.385. The Hall–Kier alpha value is -2.24. The topological polar surface area (TPSA) is 78.9 Å². The van der Waals surface area contributed by atoms with Crippen LogP contribution in [0.4, 0.5) is 10.5 Å². The number of amides is 2. The van der Waals surface area contributed by atoms with E-state index in [9.17, 15) is 9.59 Å². The average molecular weight is 266 g/mol. The minimum absolute atomic E-state index is 0.207. The van der Waals surface area contributed by atoms with Crippen molar-refractivity contribution in [3.63, 3.8) is 0 Å². The molecule has 0 bridgehead atoms. The molecule has 6 heteroatoms. The van der Waals surface area contributed by atoms with Crippen LogP contribution in [0.15, 0.2) is 24.3 Å². The summed E-state index contributed by atoms with van der Waals surface area (Å²) in [5.74, 6) is -0.429. The molecule has 6 nitrogen and oxygen atoms in total. The summed E-state index contributed by atoms with van der Waals surface area (Å²) >= 11 is 0. The lowest BCUT2D eigenvalue weighted by atomic mass is 10.3. The van der Waals surface area contributed by atoms with E-state index in [1.807, 2.05) is 0 Å². The summed E-state index contributed by atoms with van der Waals surface area (Å²) in [7, 11) is 1.53. The van der Waals surface area contributed by atoms with Gasteiger partial charge < -0.3 is 20.1 Å². The lowest BCUT2D eigenvalue weighted by Crippen LogP contribution is -2.43. The van der Waals surface area contributed by atoms with E-state index >= 15 is 0 Å². The van der Waals surface area contributed by atoms with Gasteiger partial charge in [-0.2, -0.15) is 0 Å². The van der Waals surface area contributed by atoms with Crippen molar-refractivity contribution in [3.05, 3.63) is 24.3 Å². The van der Waals surface area contributed by atoms with Crippen LogP contribution in [0.25, 0.3) is 0 Å². The minimum Gasteiger partial charge on any atom is -0.497 e. The molecule has 104 valence electrons. The number of carbonyl (C=O) groups is 2. The highest BCUT2D eigenvalue weighted by Crippen LogP contribution is 2.17. The zero-order chi connectivity index (χ0) is 14.4. The maximum Gasteiger partial charge on any atom is 0.323 e. The summed E-state index contributed by atoms with van der Waals surface area (Å²) in [4.78, 5) is 24.0. The Bertz CT molecular complexity index is 460. The van der Waals surface area contributed by atoms with Crippen molar-refractivity contribution >= 4 is 17.7 Å². The largest absolute Gasteiger partial charge is 0.497 e. The molecular formula is C13H18N2O4. The normalized spacial score (nSPS) is 10.1. The molecule has 0 aliphatic rings. The van der Waals surface area contributed by atoms with E-state index in [1.54, 1.807) is 38.1 Å². The van der Waals surface area contributed by atoms with Gasteiger partial charge in [0.25, 0.3) is 0 Å². The molecule has 0 atom stereocenters. The second-order valence-corrected chi connectivity index (χ2v) is 4.28. The molecular weight excluding hydrogens is 248 g/mol. The number of nitrogens with zero attached hydrogens (tertiary/aromatic N) is 1. The van der Waals surface area contributed by atoms with Gasteiger partial charge in [0.2, 0.25) is 0 Å². The molecule has 2 amide bonds. The van der Waals surface area contributed by atoms with Gasteiger partial charge in [-0.15, -0.1) is 0 Å². The number of ether oxygens (including phenoxy) is 1. The lowest BCUT2D eigenvalue weighted by Gasteiger charge is -2.25. The molecule has 1 rings (SSSR count). The maximum atomic E-state index is 12.0. The average Bonchev–Trinajstić information content (AvgIpc) is 2.35. The van der Waals surface area contributed by atoms with E-state index in [-0.39, 0.29) is 12.6 Å². The summed E-state index contributed by atoms with van der Waals surface area (Å²) in [5.41, 5.74) is 0.556. The Morgan fingerprint density at radius 2 is 2.11 bits per heavy atom. The summed E-state index contributed by atoms with van der Waals surface area (Å²) in [6, 6.07) is 6.21. The highest BCUT2D eigenvalue weighted by molar-refractivity contribution is 5.91. The number of nitrogens with one attached hydrogen (secondary N) is 1. The van der Waals surface area contributed by atoms with Crippen LogP contribution in [-0.2, 0) is 4.79 Å². The zero-order valence-corrected chi connectivity index (χ0v) is 11.2. The van der Waals surface area contributed by atoms with Crippen molar-refractivity contribution in [2.45, 2.75) is 19.9 Å². The fourth-order valence-electron chi connectivity index (χ4n) is 1.53. The van der Waals surface area contributed by atoms with Gasteiger partial charge in [-0.05, 0) is 26.0 Å². The van der Waals surface area contributed by atoms with Crippen LogP contribution in [-0.4, -0.2) is 41.7 Å². The third kappa shape index (κ3) is 4.50. The van der Waals surface area contributed by atoms with E-state index in [0.29, 0.717) is 11.4 Å². The van der Waals surface area contributed by atoms with E-state index in [0.717, 1.165) is 0 Å². The van der Waals surface area contributed by atoms with Gasteiger partial charge >= 0.3 is 12.0 Å². The van der Waals surface area contributed by atoms with Crippen LogP contribution < -0.4 is 10.1 Å². The molecule has 0 saturated heterocycles. The van der Waals surface area contributed by atoms with Crippen molar-refractivity contribution < 1.29 is 19.4 Å². The monoisotopic (exact) mass is 266 g/mol. The number of hydrogen-bond donors (Lipinski definition) is 2. The standard InChI is InChI=1S/C13H18N2O4/c1-9(2)15(8-12(16)17)13(18)14-10-5-4-6-11(7-10)19-3/h4-7,9H,8H2,1-3H3,(H,14,18)(H,16,17). The fourth-order valence-corrected chi connectivity index (χ4v) is 1.53. The quantitative estimate of drug-likeness (QED) is 0.854. The third-order valence-corrected chi connectivity index (χ3v) is 2.51. The molecule has 0 saturated carbocycles. The van der Waals surface area contributed by atoms with E-state index in [4.69, 9.17) is 9.84 Å². The number of carboxylic acids is 1. The Labute approximate surface area is 112 Å². The molecule has 1 aromatic rings. The highest BCUT2D eigenvalue weighted by atomic mass is 16.5. The van der Waals surface area contributed by atoms with Crippen molar-refractivity contribution in [1.82, 2.24) is 4.90 Å². The first kappa shape index (κ1) is 14.8. The first-order chi connectivity index (χ1) is 8.93. The molecule has 0 aromatic heterocycles. The number of carbonyl (C=O) groups excluding carboxylic acids is 1. The predicted molar refractivity (Wildman–Crippen MR) is 71.5 cm³/mol. The molecule has 0 spiro atoms. The summed E-state index contributed by atoms with van der Waals surface area (Å²) < 4.78 is 5.05.